The van der Waals surface area contributed by atoms with Crippen molar-refractivity contribution in [2.75, 3.05) is 20.1 Å². The van der Waals surface area contributed by atoms with E-state index in [1.54, 1.807) is 24.1 Å². The monoisotopic (exact) mass is 299 g/mol. The van der Waals surface area contributed by atoms with Gasteiger partial charge >= 0.3 is 0 Å². The summed E-state index contributed by atoms with van der Waals surface area (Å²) in [6.45, 7) is 1.80. The topological polar surface area (TPSA) is 75.5 Å². The number of nitro benzene ring substituents is 1. The fraction of sp³-hybridized carbons (Fsp3) is 0.462. The fourth-order valence-electron chi connectivity index (χ4n) is 2.32. The Morgan fingerprint density at radius 1 is 1.40 bits per heavy atom. The Kier molecular flexibility index (Phi) is 5.91. The highest BCUT2D eigenvalue weighted by atomic mass is 35.5. The zero-order valence-corrected chi connectivity index (χ0v) is 12.1. The number of hydrogen-bond acceptors (Lipinski definition) is 4. The predicted molar refractivity (Wildman–Crippen MR) is 78.3 cm³/mol. The van der Waals surface area contributed by atoms with Gasteiger partial charge in [0.15, 0.2) is 0 Å². The molecule has 1 fully saturated rings. The number of nitrogens with zero attached hydrogens (tertiary/aromatic N) is 2. The van der Waals surface area contributed by atoms with Gasteiger partial charge in [-0.05, 0) is 32.0 Å². The third-order valence-electron chi connectivity index (χ3n) is 3.48. The molecule has 1 aromatic carbocycles. The molecule has 2 rings (SSSR count). The van der Waals surface area contributed by atoms with Crippen LogP contribution in [0.15, 0.2) is 24.3 Å². The molecule has 20 heavy (non-hydrogen) atoms. The van der Waals surface area contributed by atoms with Gasteiger partial charge in [0.2, 0.25) is 0 Å². The molecule has 1 aliphatic heterocycles. The van der Waals surface area contributed by atoms with Gasteiger partial charge in [-0.2, -0.15) is 0 Å². The second-order valence-corrected chi connectivity index (χ2v) is 4.70. The lowest BCUT2D eigenvalue weighted by molar-refractivity contribution is -0.384. The third-order valence-corrected chi connectivity index (χ3v) is 3.48. The highest BCUT2D eigenvalue weighted by Crippen LogP contribution is 2.17. The standard InChI is InChI=1S/C13H17N3O3.ClH/c1-15(11-5-7-14-8-6-11)13(17)10-3-2-4-12(9-10)16(18)19;/h2-4,9,11,14H,5-8H2,1H3;1H. The van der Waals surface area contributed by atoms with Crippen LogP contribution >= 0.6 is 12.4 Å². The molecule has 0 spiro atoms. The number of amides is 1. The van der Waals surface area contributed by atoms with E-state index in [2.05, 4.69) is 5.32 Å². The molecule has 1 N–H and O–H groups in total. The molecule has 0 atom stereocenters. The minimum Gasteiger partial charge on any atom is -0.339 e. The van der Waals surface area contributed by atoms with Crippen molar-refractivity contribution in [3.63, 3.8) is 0 Å². The van der Waals surface area contributed by atoms with Crippen molar-refractivity contribution in [3.05, 3.63) is 39.9 Å². The van der Waals surface area contributed by atoms with Crippen LogP contribution in [-0.4, -0.2) is 41.9 Å². The summed E-state index contributed by atoms with van der Waals surface area (Å²) in [4.78, 5) is 24.2. The molecule has 0 bridgehead atoms. The minimum absolute atomic E-state index is 0. The number of non-ortho nitro benzene ring substituents is 1. The van der Waals surface area contributed by atoms with E-state index in [1.807, 2.05) is 0 Å². The van der Waals surface area contributed by atoms with Crippen LogP contribution in [0.25, 0.3) is 0 Å². The zero-order chi connectivity index (χ0) is 13.8. The van der Waals surface area contributed by atoms with Gasteiger partial charge in [-0.3, -0.25) is 14.9 Å². The average Bonchev–Trinajstić information content (AvgIpc) is 2.46. The molecule has 1 amide bonds. The summed E-state index contributed by atoms with van der Waals surface area (Å²) in [5, 5.41) is 14.0. The molecule has 1 aromatic rings. The molecule has 1 aliphatic rings. The molecule has 6 nitrogen and oxygen atoms in total. The number of nitro groups is 1. The highest BCUT2D eigenvalue weighted by molar-refractivity contribution is 5.94. The van der Waals surface area contributed by atoms with Crippen LogP contribution in [0.3, 0.4) is 0 Å². The van der Waals surface area contributed by atoms with Crippen LogP contribution in [0.2, 0.25) is 0 Å². The normalized spacial score (nSPS) is 15.2. The lowest BCUT2D eigenvalue weighted by atomic mass is 10.0. The van der Waals surface area contributed by atoms with E-state index in [9.17, 15) is 14.9 Å². The molecule has 1 saturated heterocycles. The van der Waals surface area contributed by atoms with Crippen LogP contribution in [-0.2, 0) is 0 Å². The van der Waals surface area contributed by atoms with Crippen molar-refractivity contribution in [1.82, 2.24) is 10.2 Å². The molecule has 0 aliphatic carbocycles. The number of nitrogens with one attached hydrogen (secondary N) is 1. The summed E-state index contributed by atoms with van der Waals surface area (Å²) >= 11 is 0. The number of benzene rings is 1. The summed E-state index contributed by atoms with van der Waals surface area (Å²) in [5.74, 6) is -0.157. The molecule has 0 radical (unpaired) electrons. The van der Waals surface area contributed by atoms with E-state index >= 15 is 0 Å². The summed E-state index contributed by atoms with van der Waals surface area (Å²) in [5.41, 5.74) is 0.319. The van der Waals surface area contributed by atoms with Crippen molar-refractivity contribution in [3.8, 4) is 0 Å². The van der Waals surface area contributed by atoms with Gasteiger partial charge in [0.25, 0.3) is 11.6 Å². The van der Waals surface area contributed by atoms with Gasteiger partial charge in [-0.25, -0.2) is 0 Å². The average molecular weight is 300 g/mol. The Morgan fingerprint density at radius 3 is 2.65 bits per heavy atom. The van der Waals surface area contributed by atoms with E-state index in [-0.39, 0.29) is 30.0 Å². The molecule has 0 aromatic heterocycles. The molecule has 0 saturated carbocycles. The summed E-state index contributed by atoms with van der Waals surface area (Å²) in [7, 11) is 1.76. The van der Waals surface area contributed by atoms with Crippen LogP contribution in [0, 0.1) is 10.1 Å². The Balaban J connectivity index is 0.00000200. The maximum atomic E-state index is 12.3. The maximum Gasteiger partial charge on any atom is 0.270 e. The first kappa shape index (κ1) is 16.4. The quantitative estimate of drug-likeness (QED) is 0.682. The molecule has 7 heteroatoms. The van der Waals surface area contributed by atoms with E-state index in [0.717, 1.165) is 25.9 Å². The second-order valence-electron chi connectivity index (χ2n) is 4.70. The number of carbonyl (C=O) groups is 1. The predicted octanol–water partition coefficient (Wildman–Crippen LogP) is 1.84. The lowest BCUT2D eigenvalue weighted by Crippen LogP contribution is -2.43. The Morgan fingerprint density at radius 2 is 2.05 bits per heavy atom. The smallest absolute Gasteiger partial charge is 0.270 e. The van der Waals surface area contributed by atoms with Crippen molar-refractivity contribution in [1.29, 1.82) is 0 Å². The van der Waals surface area contributed by atoms with Gasteiger partial charge in [0.05, 0.1) is 4.92 Å². The van der Waals surface area contributed by atoms with E-state index in [4.69, 9.17) is 0 Å². The first-order valence-electron chi connectivity index (χ1n) is 6.32. The number of piperidine rings is 1. The molecule has 1 heterocycles. The zero-order valence-electron chi connectivity index (χ0n) is 11.2. The van der Waals surface area contributed by atoms with Crippen LogP contribution < -0.4 is 5.32 Å². The van der Waals surface area contributed by atoms with Crippen molar-refractivity contribution in [2.24, 2.45) is 0 Å². The first-order chi connectivity index (χ1) is 9.09. The lowest BCUT2D eigenvalue weighted by Gasteiger charge is -2.31. The maximum absolute atomic E-state index is 12.3. The Hall–Kier alpha value is -1.66. The largest absolute Gasteiger partial charge is 0.339 e. The van der Waals surface area contributed by atoms with Crippen LogP contribution in [0.4, 0.5) is 5.69 Å². The second kappa shape index (κ2) is 7.21. The Bertz CT molecular complexity index is 490. The van der Waals surface area contributed by atoms with Gasteiger partial charge in [0, 0.05) is 30.8 Å². The van der Waals surface area contributed by atoms with E-state index in [0.29, 0.717) is 5.56 Å². The van der Waals surface area contributed by atoms with Gasteiger partial charge < -0.3 is 10.2 Å². The number of halogens is 1. The number of rotatable bonds is 3. The summed E-state index contributed by atoms with van der Waals surface area (Å²) in [6.07, 6.45) is 1.83. The third kappa shape index (κ3) is 3.68. The van der Waals surface area contributed by atoms with Gasteiger partial charge in [0.1, 0.15) is 0 Å². The first-order valence-corrected chi connectivity index (χ1v) is 6.32. The Labute approximate surface area is 123 Å². The number of carbonyl (C=O) groups excluding carboxylic acids is 1. The molecule has 110 valence electrons. The fourth-order valence-corrected chi connectivity index (χ4v) is 2.32. The van der Waals surface area contributed by atoms with E-state index < -0.39 is 4.92 Å². The number of hydrogen-bond donors (Lipinski definition) is 1. The highest BCUT2D eigenvalue weighted by Gasteiger charge is 2.23. The van der Waals surface area contributed by atoms with Crippen molar-refractivity contribution in [2.45, 2.75) is 18.9 Å². The van der Waals surface area contributed by atoms with E-state index in [1.165, 1.54) is 12.1 Å². The minimum atomic E-state index is -0.485. The summed E-state index contributed by atoms with van der Waals surface area (Å²) in [6, 6.07) is 6.09. The van der Waals surface area contributed by atoms with Crippen LogP contribution in [0.5, 0.6) is 0 Å². The van der Waals surface area contributed by atoms with Gasteiger partial charge in [-0.1, -0.05) is 6.07 Å². The molecular formula is C13H18ClN3O3. The van der Waals surface area contributed by atoms with Crippen molar-refractivity contribution >= 4 is 24.0 Å². The van der Waals surface area contributed by atoms with Gasteiger partial charge in [-0.15, -0.1) is 12.4 Å². The van der Waals surface area contributed by atoms with Crippen LogP contribution in [0.1, 0.15) is 23.2 Å². The molecular weight excluding hydrogens is 282 g/mol. The SMILES string of the molecule is CN(C(=O)c1cccc([N+](=O)[O-])c1)C1CCNCC1.Cl. The summed E-state index contributed by atoms with van der Waals surface area (Å²) < 4.78 is 0. The molecule has 0 unspecified atom stereocenters. The van der Waals surface area contributed by atoms with Crippen molar-refractivity contribution < 1.29 is 9.72 Å².